The lowest BCUT2D eigenvalue weighted by molar-refractivity contribution is -0.136. The van der Waals surface area contributed by atoms with Gasteiger partial charge in [-0.3, -0.25) is 14.5 Å². The van der Waals surface area contributed by atoms with Crippen molar-refractivity contribution < 1.29 is 14.3 Å². The molecule has 5 rings (SSSR count). The number of rotatable bonds is 5. The maximum absolute atomic E-state index is 13.7. The van der Waals surface area contributed by atoms with Crippen LogP contribution in [0.4, 0.5) is 0 Å². The second-order valence-corrected chi connectivity index (χ2v) is 8.92. The minimum atomic E-state index is -0.676. The van der Waals surface area contributed by atoms with Gasteiger partial charge in [0.2, 0.25) is 0 Å². The van der Waals surface area contributed by atoms with Crippen LogP contribution in [-0.4, -0.2) is 35.0 Å². The Morgan fingerprint density at radius 1 is 1.11 bits per heavy atom. The number of hydrogen-bond donors (Lipinski definition) is 1. The summed E-state index contributed by atoms with van der Waals surface area (Å²) in [6.07, 6.45) is 3.49. The molecule has 1 aliphatic heterocycles. The number of aromatic nitrogens is 3. The van der Waals surface area contributed by atoms with Crippen molar-refractivity contribution in [3.8, 4) is 17.0 Å². The minimum Gasteiger partial charge on any atom is -0.497 e. The zero-order valence-corrected chi connectivity index (χ0v) is 20.1. The van der Waals surface area contributed by atoms with Crippen LogP contribution < -0.4 is 19.6 Å². The lowest BCUT2D eigenvalue weighted by Gasteiger charge is -2.24. The van der Waals surface area contributed by atoms with Gasteiger partial charge in [0, 0.05) is 11.1 Å². The number of esters is 1. The molecular formula is C26H22N4O4S. The molecular weight excluding hydrogens is 464 g/mol. The second-order valence-electron chi connectivity index (χ2n) is 7.91. The van der Waals surface area contributed by atoms with Gasteiger partial charge in [0.15, 0.2) is 4.80 Å². The minimum absolute atomic E-state index is 0.247. The molecule has 0 saturated carbocycles. The predicted molar refractivity (Wildman–Crippen MR) is 133 cm³/mol. The van der Waals surface area contributed by atoms with Crippen LogP contribution in [0.1, 0.15) is 24.1 Å². The highest BCUT2D eigenvalue weighted by Gasteiger charge is 2.33. The summed E-state index contributed by atoms with van der Waals surface area (Å²) < 4.78 is 12.4. The van der Waals surface area contributed by atoms with E-state index in [-0.39, 0.29) is 5.56 Å². The topological polar surface area (TPSA) is 98.6 Å². The van der Waals surface area contributed by atoms with Gasteiger partial charge in [-0.05, 0) is 30.7 Å². The van der Waals surface area contributed by atoms with E-state index in [1.54, 1.807) is 43.0 Å². The summed E-state index contributed by atoms with van der Waals surface area (Å²) in [6.45, 7) is 1.75. The third-order valence-electron chi connectivity index (χ3n) is 5.88. The van der Waals surface area contributed by atoms with Crippen molar-refractivity contribution in [2.75, 3.05) is 14.2 Å². The van der Waals surface area contributed by atoms with E-state index in [2.05, 4.69) is 15.2 Å². The Balaban J connectivity index is 1.70. The molecule has 0 amide bonds. The van der Waals surface area contributed by atoms with Crippen LogP contribution >= 0.6 is 11.3 Å². The van der Waals surface area contributed by atoms with Crippen molar-refractivity contribution in [2.24, 2.45) is 4.99 Å². The highest BCUT2D eigenvalue weighted by atomic mass is 32.1. The monoisotopic (exact) mass is 486 g/mol. The molecule has 4 aromatic rings. The van der Waals surface area contributed by atoms with Gasteiger partial charge >= 0.3 is 5.97 Å². The third kappa shape index (κ3) is 4.00. The highest BCUT2D eigenvalue weighted by molar-refractivity contribution is 7.07. The number of thiazole rings is 1. The van der Waals surface area contributed by atoms with Crippen molar-refractivity contribution in [3.05, 3.63) is 103 Å². The molecule has 1 atom stereocenters. The molecule has 0 radical (unpaired) electrons. The zero-order valence-electron chi connectivity index (χ0n) is 19.3. The van der Waals surface area contributed by atoms with Crippen molar-refractivity contribution >= 4 is 23.4 Å². The van der Waals surface area contributed by atoms with Crippen molar-refractivity contribution in [2.45, 2.75) is 13.0 Å². The third-order valence-corrected chi connectivity index (χ3v) is 6.86. The largest absolute Gasteiger partial charge is 0.497 e. The summed E-state index contributed by atoms with van der Waals surface area (Å²) in [7, 11) is 2.91. The lowest BCUT2D eigenvalue weighted by atomic mass is 9.96. The molecule has 0 saturated heterocycles. The fourth-order valence-corrected chi connectivity index (χ4v) is 5.21. The number of ether oxygens (including phenoxy) is 2. The first kappa shape index (κ1) is 22.5. The average molecular weight is 487 g/mol. The van der Waals surface area contributed by atoms with Gasteiger partial charge in [-0.25, -0.2) is 9.79 Å². The second kappa shape index (κ2) is 9.19. The molecule has 8 nitrogen and oxygen atoms in total. The average Bonchev–Trinajstić information content (AvgIpc) is 3.47. The quantitative estimate of drug-likeness (QED) is 0.438. The van der Waals surface area contributed by atoms with Gasteiger partial charge in [-0.15, -0.1) is 0 Å². The predicted octanol–water partition coefficient (Wildman–Crippen LogP) is 2.81. The molecule has 3 heterocycles. The van der Waals surface area contributed by atoms with Crippen LogP contribution in [0, 0.1) is 0 Å². The van der Waals surface area contributed by atoms with Crippen LogP contribution in [0.25, 0.3) is 17.3 Å². The van der Waals surface area contributed by atoms with Gasteiger partial charge in [0.25, 0.3) is 5.56 Å². The first-order valence-electron chi connectivity index (χ1n) is 10.9. The SMILES string of the molecule is COC(=O)C1=C(C)N=c2sc(=Cc3cn[nH]c3-c3ccccc3)c(=O)n2[C@@H]1c1ccc(OC)cc1. The maximum atomic E-state index is 13.7. The van der Waals surface area contributed by atoms with E-state index in [4.69, 9.17) is 9.47 Å². The number of hydrogen-bond acceptors (Lipinski definition) is 7. The van der Waals surface area contributed by atoms with Gasteiger partial charge in [0.05, 0.1) is 48.0 Å². The molecule has 2 aromatic heterocycles. The molecule has 0 aliphatic carbocycles. The number of carbonyl (C=O) groups excluding carboxylic acids is 1. The van der Waals surface area contributed by atoms with E-state index >= 15 is 0 Å². The van der Waals surface area contributed by atoms with E-state index < -0.39 is 12.0 Å². The number of fused-ring (bicyclic) bond motifs is 1. The first-order valence-corrected chi connectivity index (χ1v) is 11.7. The van der Waals surface area contributed by atoms with Crippen LogP contribution in [-0.2, 0) is 9.53 Å². The summed E-state index contributed by atoms with van der Waals surface area (Å²) >= 11 is 1.27. The van der Waals surface area contributed by atoms with Crippen LogP contribution in [0.5, 0.6) is 5.75 Å². The number of allylic oxidation sites excluding steroid dienone is 1. The number of nitrogens with one attached hydrogen (secondary N) is 1. The fraction of sp³-hybridized carbons (Fsp3) is 0.154. The first-order chi connectivity index (χ1) is 17.0. The molecule has 0 spiro atoms. The summed E-state index contributed by atoms with van der Waals surface area (Å²) in [5.41, 5.74) is 3.90. The number of benzene rings is 2. The Hall–Kier alpha value is -4.24. The Morgan fingerprint density at radius 3 is 2.54 bits per heavy atom. The normalized spacial score (nSPS) is 15.5. The van der Waals surface area contributed by atoms with E-state index in [1.165, 1.54) is 18.4 Å². The molecule has 1 N–H and O–H groups in total. The number of H-pyrrole nitrogens is 1. The van der Waals surface area contributed by atoms with Crippen LogP contribution in [0.3, 0.4) is 0 Å². The molecule has 35 heavy (non-hydrogen) atoms. The van der Waals surface area contributed by atoms with Crippen LogP contribution in [0.2, 0.25) is 0 Å². The maximum Gasteiger partial charge on any atom is 0.338 e. The smallest absolute Gasteiger partial charge is 0.338 e. The highest BCUT2D eigenvalue weighted by Crippen LogP contribution is 2.31. The number of carbonyl (C=O) groups is 1. The van der Waals surface area contributed by atoms with Crippen molar-refractivity contribution in [1.82, 2.24) is 14.8 Å². The fourth-order valence-electron chi connectivity index (χ4n) is 4.18. The van der Waals surface area contributed by atoms with E-state index in [0.29, 0.717) is 26.4 Å². The molecule has 2 aromatic carbocycles. The number of methoxy groups -OCH3 is 2. The zero-order chi connectivity index (χ0) is 24.5. The lowest BCUT2D eigenvalue weighted by Crippen LogP contribution is -2.39. The molecule has 0 bridgehead atoms. The van der Waals surface area contributed by atoms with Gasteiger partial charge in [0.1, 0.15) is 5.75 Å². The Bertz CT molecular complexity index is 1610. The molecule has 1 aliphatic rings. The van der Waals surface area contributed by atoms with E-state index in [1.807, 2.05) is 42.5 Å². The van der Waals surface area contributed by atoms with E-state index in [9.17, 15) is 9.59 Å². The van der Waals surface area contributed by atoms with Crippen molar-refractivity contribution in [3.63, 3.8) is 0 Å². The molecule has 9 heteroatoms. The summed E-state index contributed by atoms with van der Waals surface area (Å²) in [5.74, 6) is 0.150. The summed E-state index contributed by atoms with van der Waals surface area (Å²) in [6, 6.07) is 16.4. The van der Waals surface area contributed by atoms with Gasteiger partial charge in [-0.1, -0.05) is 53.8 Å². The summed E-state index contributed by atoms with van der Waals surface area (Å²) in [4.78, 5) is 31.6. The molecule has 0 fully saturated rings. The standard InChI is InChI=1S/C26H22N4O4S/c1-15-21(25(32)34-3)23(17-9-11-19(33-2)12-10-17)30-24(31)20(35-26(30)28-15)13-18-14-27-29-22(18)16-7-5-4-6-8-16/h4-14,23H,1-3H3,(H,27,29)/t23-/m1/s1. The Morgan fingerprint density at radius 2 is 1.86 bits per heavy atom. The Kier molecular flexibility index (Phi) is 5.92. The van der Waals surface area contributed by atoms with Gasteiger partial charge < -0.3 is 9.47 Å². The summed E-state index contributed by atoms with van der Waals surface area (Å²) in [5, 5.41) is 7.19. The van der Waals surface area contributed by atoms with Crippen molar-refractivity contribution in [1.29, 1.82) is 0 Å². The number of nitrogens with zero attached hydrogens (tertiary/aromatic N) is 3. The molecule has 0 unspecified atom stereocenters. The molecule has 176 valence electrons. The van der Waals surface area contributed by atoms with E-state index in [0.717, 1.165) is 22.4 Å². The van der Waals surface area contributed by atoms with Crippen LogP contribution in [0.15, 0.2) is 81.9 Å². The number of aromatic amines is 1. The Labute approximate surface area is 204 Å². The van der Waals surface area contributed by atoms with Gasteiger partial charge in [-0.2, -0.15) is 5.10 Å².